The SMILES string of the molecule is Cc1cc(S(=O)(=O)[C@@H](CNC(=O)c2ccccc2C(F)(F)F)c2cccs2)ccc1F. The highest BCUT2D eigenvalue weighted by Gasteiger charge is 2.36. The van der Waals surface area contributed by atoms with Crippen molar-refractivity contribution in [3.8, 4) is 0 Å². The van der Waals surface area contributed by atoms with E-state index >= 15 is 0 Å². The molecule has 3 rings (SSSR count). The molecule has 0 aliphatic carbocycles. The van der Waals surface area contributed by atoms with Gasteiger partial charge in [-0.1, -0.05) is 18.2 Å². The Hall–Kier alpha value is -2.72. The lowest BCUT2D eigenvalue weighted by Crippen LogP contribution is -2.32. The molecule has 1 N–H and O–H groups in total. The number of carbonyl (C=O) groups is 1. The van der Waals surface area contributed by atoms with E-state index in [1.54, 1.807) is 17.5 Å². The maximum absolute atomic E-state index is 13.6. The number of carbonyl (C=O) groups excluding carboxylic acids is 1. The van der Waals surface area contributed by atoms with Crippen LogP contribution in [0.3, 0.4) is 0 Å². The molecule has 0 spiro atoms. The van der Waals surface area contributed by atoms with Gasteiger partial charge in [0.25, 0.3) is 5.91 Å². The second-order valence-electron chi connectivity index (χ2n) is 6.71. The Morgan fingerprint density at radius 3 is 2.42 bits per heavy atom. The van der Waals surface area contributed by atoms with Crippen LogP contribution in [-0.2, 0) is 16.0 Å². The third-order valence-electron chi connectivity index (χ3n) is 4.62. The Bertz CT molecular complexity index is 1190. The first-order valence-electron chi connectivity index (χ1n) is 8.99. The van der Waals surface area contributed by atoms with E-state index in [-0.39, 0.29) is 10.5 Å². The second-order valence-corrected chi connectivity index (χ2v) is 9.82. The molecule has 2 aromatic carbocycles. The average Bonchev–Trinajstić information content (AvgIpc) is 3.23. The van der Waals surface area contributed by atoms with Crippen molar-refractivity contribution in [3.63, 3.8) is 0 Å². The molecule has 164 valence electrons. The van der Waals surface area contributed by atoms with Crippen molar-refractivity contribution < 1.29 is 30.8 Å². The predicted octanol–water partition coefficient (Wildman–Crippen LogP) is 5.16. The summed E-state index contributed by atoms with van der Waals surface area (Å²) in [6, 6.07) is 10.8. The first-order chi connectivity index (χ1) is 14.5. The molecule has 0 aliphatic rings. The van der Waals surface area contributed by atoms with Crippen molar-refractivity contribution in [2.75, 3.05) is 6.54 Å². The van der Waals surface area contributed by atoms with Gasteiger partial charge in [0.1, 0.15) is 11.1 Å². The number of amides is 1. The molecule has 0 bridgehead atoms. The molecule has 0 aliphatic heterocycles. The smallest absolute Gasteiger partial charge is 0.350 e. The molecule has 3 aromatic rings. The van der Waals surface area contributed by atoms with Gasteiger partial charge < -0.3 is 5.32 Å². The van der Waals surface area contributed by atoms with Gasteiger partial charge in [-0.3, -0.25) is 4.79 Å². The monoisotopic (exact) mass is 471 g/mol. The largest absolute Gasteiger partial charge is 0.417 e. The minimum atomic E-state index is -4.74. The molecule has 0 saturated heterocycles. The summed E-state index contributed by atoms with van der Waals surface area (Å²) in [5.41, 5.74) is -1.58. The van der Waals surface area contributed by atoms with Crippen LogP contribution in [0.2, 0.25) is 0 Å². The number of hydrogen-bond acceptors (Lipinski definition) is 4. The lowest BCUT2D eigenvalue weighted by molar-refractivity contribution is -0.137. The van der Waals surface area contributed by atoms with Crippen LogP contribution in [0.5, 0.6) is 0 Å². The minimum absolute atomic E-state index is 0.133. The highest BCUT2D eigenvalue weighted by Crippen LogP contribution is 2.34. The Kier molecular flexibility index (Phi) is 6.51. The van der Waals surface area contributed by atoms with Gasteiger partial charge in [-0.25, -0.2) is 12.8 Å². The maximum Gasteiger partial charge on any atom is 0.417 e. The average molecular weight is 471 g/mol. The number of nitrogens with one attached hydrogen (secondary N) is 1. The fraction of sp³-hybridized carbons (Fsp3) is 0.190. The van der Waals surface area contributed by atoms with E-state index in [2.05, 4.69) is 5.32 Å². The van der Waals surface area contributed by atoms with Gasteiger partial charge in [0.2, 0.25) is 0 Å². The van der Waals surface area contributed by atoms with Crippen LogP contribution in [0.4, 0.5) is 17.6 Å². The Labute approximate surface area is 180 Å². The highest BCUT2D eigenvalue weighted by molar-refractivity contribution is 7.91. The van der Waals surface area contributed by atoms with Crippen LogP contribution in [0, 0.1) is 12.7 Å². The molecule has 1 heterocycles. The van der Waals surface area contributed by atoms with Crippen LogP contribution in [0.1, 0.15) is 31.6 Å². The van der Waals surface area contributed by atoms with Gasteiger partial charge in [0, 0.05) is 11.4 Å². The van der Waals surface area contributed by atoms with E-state index in [1.165, 1.54) is 19.1 Å². The number of benzene rings is 2. The first kappa shape index (κ1) is 23.0. The first-order valence-corrected chi connectivity index (χ1v) is 11.4. The Morgan fingerprint density at radius 2 is 1.81 bits per heavy atom. The van der Waals surface area contributed by atoms with Crippen LogP contribution < -0.4 is 5.32 Å². The zero-order chi connectivity index (χ0) is 22.8. The van der Waals surface area contributed by atoms with Crippen LogP contribution >= 0.6 is 11.3 Å². The van der Waals surface area contributed by atoms with Crippen molar-refractivity contribution in [1.29, 1.82) is 0 Å². The highest BCUT2D eigenvalue weighted by atomic mass is 32.2. The van der Waals surface area contributed by atoms with E-state index in [0.29, 0.717) is 4.88 Å². The summed E-state index contributed by atoms with van der Waals surface area (Å²) < 4.78 is 79.7. The summed E-state index contributed by atoms with van der Waals surface area (Å²) in [5, 5.41) is 2.71. The molecule has 0 radical (unpaired) electrons. The third-order valence-corrected chi connectivity index (χ3v) is 7.83. The summed E-state index contributed by atoms with van der Waals surface area (Å²) in [7, 11) is -4.07. The van der Waals surface area contributed by atoms with Crippen molar-refractivity contribution in [2.24, 2.45) is 0 Å². The van der Waals surface area contributed by atoms with Gasteiger partial charge in [-0.2, -0.15) is 13.2 Å². The predicted molar refractivity (Wildman–Crippen MR) is 109 cm³/mol. The molecule has 4 nitrogen and oxygen atoms in total. The van der Waals surface area contributed by atoms with Gasteiger partial charge in [-0.15, -0.1) is 11.3 Å². The van der Waals surface area contributed by atoms with E-state index in [9.17, 15) is 30.8 Å². The summed E-state index contributed by atoms with van der Waals surface area (Å²) in [4.78, 5) is 12.7. The normalized spacial score (nSPS) is 13.1. The fourth-order valence-corrected chi connectivity index (χ4v) is 5.87. The molecule has 1 aromatic heterocycles. The molecule has 0 fully saturated rings. The number of sulfone groups is 1. The number of hydrogen-bond donors (Lipinski definition) is 1. The van der Waals surface area contributed by atoms with Gasteiger partial charge in [-0.05, 0) is 54.3 Å². The molecule has 10 heteroatoms. The van der Waals surface area contributed by atoms with Crippen molar-refractivity contribution in [2.45, 2.75) is 23.2 Å². The van der Waals surface area contributed by atoms with E-state index in [1.807, 2.05) is 0 Å². The summed E-state index contributed by atoms with van der Waals surface area (Å²) in [6.07, 6.45) is -4.74. The quantitative estimate of drug-likeness (QED) is 0.399. The number of alkyl halides is 3. The van der Waals surface area contributed by atoms with Crippen LogP contribution in [0.25, 0.3) is 0 Å². The molecular formula is C21H17F4NO3S2. The molecule has 0 unspecified atom stereocenters. The summed E-state index contributed by atoms with van der Waals surface area (Å²) in [6.45, 7) is 0.967. The van der Waals surface area contributed by atoms with Crippen molar-refractivity contribution in [1.82, 2.24) is 5.32 Å². The standard InChI is InChI=1S/C21H17F4NO3S2/c1-13-11-14(8-9-17(13)22)31(28,29)19(18-7-4-10-30-18)12-26-20(27)15-5-2-3-6-16(15)21(23,24)25/h2-11,19H,12H2,1H3,(H,26,27)/t19-/m0/s1. The van der Waals surface area contributed by atoms with E-state index in [0.717, 1.165) is 41.7 Å². The number of thiophene rings is 1. The van der Waals surface area contributed by atoms with Gasteiger partial charge in [0.05, 0.1) is 16.0 Å². The number of halogens is 4. The fourth-order valence-electron chi connectivity index (χ4n) is 3.01. The number of aryl methyl sites for hydroxylation is 1. The van der Waals surface area contributed by atoms with Crippen LogP contribution in [-0.4, -0.2) is 20.9 Å². The molecule has 1 atom stereocenters. The van der Waals surface area contributed by atoms with E-state index in [4.69, 9.17) is 0 Å². The molecule has 1 amide bonds. The van der Waals surface area contributed by atoms with Crippen molar-refractivity contribution in [3.05, 3.63) is 87.4 Å². The Morgan fingerprint density at radius 1 is 1.10 bits per heavy atom. The van der Waals surface area contributed by atoms with Crippen LogP contribution in [0.15, 0.2) is 64.9 Å². The van der Waals surface area contributed by atoms with Gasteiger partial charge >= 0.3 is 6.18 Å². The lowest BCUT2D eigenvalue weighted by Gasteiger charge is -2.19. The second kappa shape index (κ2) is 8.80. The molecular weight excluding hydrogens is 454 g/mol. The lowest BCUT2D eigenvalue weighted by atomic mass is 10.1. The molecule has 31 heavy (non-hydrogen) atoms. The summed E-state index contributed by atoms with van der Waals surface area (Å²) >= 11 is 1.13. The minimum Gasteiger partial charge on any atom is -0.350 e. The zero-order valence-electron chi connectivity index (χ0n) is 16.1. The van der Waals surface area contributed by atoms with Crippen molar-refractivity contribution >= 4 is 27.1 Å². The summed E-state index contributed by atoms with van der Waals surface area (Å²) in [5.74, 6) is -1.61. The third kappa shape index (κ3) is 4.96. The number of rotatable bonds is 6. The zero-order valence-corrected chi connectivity index (χ0v) is 17.7. The van der Waals surface area contributed by atoms with Gasteiger partial charge in [0.15, 0.2) is 9.84 Å². The molecule has 0 saturated carbocycles. The Balaban J connectivity index is 1.92. The topological polar surface area (TPSA) is 63.2 Å². The maximum atomic E-state index is 13.6. The van der Waals surface area contributed by atoms with E-state index < -0.39 is 50.7 Å².